The van der Waals surface area contributed by atoms with Crippen molar-refractivity contribution in [3.05, 3.63) is 28.8 Å². The molecule has 1 aromatic carbocycles. The fraction of sp³-hybridized carbons (Fsp3) is 0.650. The van der Waals surface area contributed by atoms with Crippen LogP contribution in [-0.4, -0.2) is 48.0 Å². The summed E-state index contributed by atoms with van der Waals surface area (Å²) in [4.78, 5) is 16.4. The van der Waals surface area contributed by atoms with Crippen LogP contribution in [0.1, 0.15) is 51.0 Å². The minimum atomic E-state index is 0.334. The monoisotopic (exact) mass is 364 g/mol. The van der Waals surface area contributed by atoms with E-state index in [4.69, 9.17) is 16.3 Å². The van der Waals surface area contributed by atoms with Gasteiger partial charge in [-0.05, 0) is 56.8 Å². The maximum atomic E-state index is 11.8. The van der Waals surface area contributed by atoms with Gasteiger partial charge in [0, 0.05) is 32.1 Å². The Morgan fingerprint density at radius 2 is 2.12 bits per heavy atom. The summed E-state index contributed by atoms with van der Waals surface area (Å²) in [5, 5.41) is 0.690. The van der Waals surface area contributed by atoms with E-state index in [9.17, 15) is 4.79 Å². The summed E-state index contributed by atoms with van der Waals surface area (Å²) in [6, 6.07) is 6.69. The van der Waals surface area contributed by atoms with Gasteiger partial charge in [-0.1, -0.05) is 24.1 Å². The Kier molecular flexibility index (Phi) is 6.60. The Balaban J connectivity index is 1.58. The zero-order chi connectivity index (χ0) is 17.6. The lowest BCUT2D eigenvalue weighted by molar-refractivity contribution is -0.127. The van der Waals surface area contributed by atoms with Gasteiger partial charge in [0.2, 0.25) is 5.91 Å². The van der Waals surface area contributed by atoms with Crippen LogP contribution in [-0.2, 0) is 11.3 Å². The van der Waals surface area contributed by atoms with Crippen molar-refractivity contribution in [2.45, 2.75) is 58.0 Å². The van der Waals surface area contributed by atoms with E-state index in [0.29, 0.717) is 23.6 Å². The summed E-state index contributed by atoms with van der Waals surface area (Å²) >= 11 is 6.34. The summed E-state index contributed by atoms with van der Waals surface area (Å²) in [5.74, 6) is 1.09. The van der Waals surface area contributed by atoms with E-state index in [0.717, 1.165) is 51.2 Å². The Bertz CT molecular complexity index is 593. The van der Waals surface area contributed by atoms with Gasteiger partial charge >= 0.3 is 0 Å². The zero-order valence-electron chi connectivity index (χ0n) is 15.2. The SMILES string of the molecule is CCOc1ccc(CN2CCCC[C@@H]2CCN2CCCC2=O)cc1Cl. The largest absolute Gasteiger partial charge is 0.492 e. The van der Waals surface area contributed by atoms with Gasteiger partial charge in [-0.15, -0.1) is 0 Å². The van der Waals surface area contributed by atoms with E-state index >= 15 is 0 Å². The van der Waals surface area contributed by atoms with Gasteiger partial charge in [-0.25, -0.2) is 0 Å². The van der Waals surface area contributed by atoms with Crippen LogP contribution in [0.25, 0.3) is 0 Å². The highest BCUT2D eigenvalue weighted by Crippen LogP contribution is 2.28. The number of likely N-dealkylation sites (tertiary alicyclic amines) is 2. The average Bonchev–Trinajstić information content (AvgIpc) is 3.02. The van der Waals surface area contributed by atoms with Gasteiger partial charge in [0.25, 0.3) is 0 Å². The van der Waals surface area contributed by atoms with Crippen LogP contribution in [0, 0.1) is 0 Å². The van der Waals surface area contributed by atoms with Crippen LogP contribution in [0.4, 0.5) is 0 Å². The lowest BCUT2D eigenvalue weighted by atomic mass is 9.98. The van der Waals surface area contributed by atoms with E-state index < -0.39 is 0 Å². The molecule has 0 unspecified atom stereocenters. The number of rotatable bonds is 7. The first-order valence-corrected chi connectivity index (χ1v) is 9.98. The lowest BCUT2D eigenvalue weighted by Gasteiger charge is -2.36. The van der Waals surface area contributed by atoms with Gasteiger partial charge in [0.15, 0.2) is 0 Å². The average molecular weight is 365 g/mol. The molecule has 0 spiro atoms. The van der Waals surface area contributed by atoms with Gasteiger partial charge in [0.1, 0.15) is 5.75 Å². The van der Waals surface area contributed by atoms with Crippen LogP contribution >= 0.6 is 11.6 Å². The van der Waals surface area contributed by atoms with Crippen LogP contribution in [0.2, 0.25) is 5.02 Å². The molecule has 1 atom stereocenters. The Morgan fingerprint density at radius 3 is 2.84 bits per heavy atom. The highest BCUT2D eigenvalue weighted by atomic mass is 35.5. The fourth-order valence-electron chi connectivity index (χ4n) is 3.99. The molecule has 138 valence electrons. The quantitative estimate of drug-likeness (QED) is 0.730. The second-order valence-electron chi connectivity index (χ2n) is 7.09. The molecule has 1 amide bonds. The predicted octanol–water partition coefficient (Wildman–Crippen LogP) is 4.11. The van der Waals surface area contributed by atoms with E-state index in [2.05, 4.69) is 11.0 Å². The third-order valence-electron chi connectivity index (χ3n) is 5.33. The van der Waals surface area contributed by atoms with Crippen molar-refractivity contribution in [1.82, 2.24) is 9.80 Å². The third-order valence-corrected chi connectivity index (χ3v) is 5.63. The topological polar surface area (TPSA) is 32.8 Å². The smallest absolute Gasteiger partial charge is 0.222 e. The number of hydrogen-bond acceptors (Lipinski definition) is 3. The first kappa shape index (κ1) is 18.5. The normalized spacial score (nSPS) is 21.8. The molecule has 0 radical (unpaired) electrons. The van der Waals surface area contributed by atoms with Gasteiger partial charge in [0.05, 0.1) is 11.6 Å². The molecule has 0 saturated carbocycles. The third kappa shape index (κ3) is 4.89. The summed E-state index contributed by atoms with van der Waals surface area (Å²) in [7, 11) is 0. The molecular formula is C20H29ClN2O2. The van der Waals surface area contributed by atoms with Crippen molar-refractivity contribution in [3.63, 3.8) is 0 Å². The standard InChI is InChI=1S/C20H29ClN2O2/c1-2-25-19-9-8-16(14-18(19)21)15-23-11-4-3-6-17(23)10-13-22-12-5-7-20(22)24/h8-9,14,17H,2-7,10-13,15H2,1H3/t17-/m1/s1. The number of ether oxygens (including phenoxy) is 1. The fourth-order valence-corrected chi connectivity index (χ4v) is 4.25. The molecule has 2 saturated heterocycles. The molecule has 25 heavy (non-hydrogen) atoms. The molecule has 0 aliphatic carbocycles. The minimum absolute atomic E-state index is 0.334. The Labute approximate surface area is 156 Å². The lowest BCUT2D eigenvalue weighted by Crippen LogP contribution is -2.41. The molecule has 2 heterocycles. The van der Waals surface area contributed by atoms with Crippen LogP contribution in [0.15, 0.2) is 18.2 Å². The number of hydrogen-bond donors (Lipinski definition) is 0. The maximum absolute atomic E-state index is 11.8. The summed E-state index contributed by atoms with van der Waals surface area (Å²) < 4.78 is 5.53. The van der Waals surface area contributed by atoms with Crippen LogP contribution < -0.4 is 4.74 Å². The highest BCUT2D eigenvalue weighted by Gasteiger charge is 2.26. The van der Waals surface area contributed by atoms with Crippen molar-refractivity contribution in [2.75, 3.05) is 26.2 Å². The van der Waals surface area contributed by atoms with E-state index in [1.54, 1.807) is 0 Å². The van der Waals surface area contributed by atoms with E-state index in [1.165, 1.54) is 24.8 Å². The molecule has 2 aliphatic rings. The molecule has 0 N–H and O–H groups in total. The Hall–Kier alpha value is -1.26. The molecule has 2 aliphatic heterocycles. The van der Waals surface area contributed by atoms with Crippen molar-refractivity contribution >= 4 is 17.5 Å². The minimum Gasteiger partial charge on any atom is -0.492 e. The summed E-state index contributed by atoms with van der Waals surface area (Å²) in [6.45, 7) is 6.49. The molecule has 3 rings (SSSR count). The van der Waals surface area contributed by atoms with Crippen molar-refractivity contribution in [3.8, 4) is 5.75 Å². The summed E-state index contributed by atoms with van der Waals surface area (Å²) in [5.41, 5.74) is 1.23. The number of carbonyl (C=O) groups is 1. The first-order chi connectivity index (χ1) is 12.2. The van der Waals surface area contributed by atoms with Crippen molar-refractivity contribution < 1.29 is 9.53 Å². The molecule has 1 aromatic rings. The highest BCUT2D eigenvalue weighted by molar-refractivity contribution is 6.32. The van der Waals surface area contributed by atoms with Gasteiger partial charge < -0.3 is 9.64 Å². The first-order valence-electron chi connectivity index (χ1n) is 9.60. The Morgan fingerprint density at radius 1 is 1.24 bits per heavy atom. The number of nitrogens with zero attached hydrogens (tertiary/aromatic N) is 2. The van der Waals surface area contributed by atoms with Gasteiger partial charge in [-0.2, -0.15) is 0 Å². The predicted molar refractivity (Wildman–Crippen MR) is 101 cm³/mol. The number of benzene rings is 1. The number of carbonyl (C=O) groups excluding carboxylic acids is 1. The zero-order valence-corrected chi connectivity index (χ0v) is 15.9. The van der Waals surface area contributed by atoms with Crippen LogP contribution in [0.3, 0.4) is 0 Å². The van der Waals surface area contributed by atoms with Crippen molar-refractivity contribution in [2.24, 2.45) is 0 Å². The second-order valence-corrected chi connectivity index (χ2v) is 7.50. The molecule has 5 heteroatoms. The maximum Gasteiger partial charge on any atom is 0.222 e. The molecule has 0 aromatic heterocycles. The number of halogens is 1. The second kappa shape index (κ2) is 8.91. The molecule has 4 nitrogen and oxygen atoms in total. The van der Waals surface area contributed by atoms with E-state index in [1.807, 2.05) is 24.0 Å². The number of piperidine rings is 1. The van der Waals surface area contributed by atoms with Crippen LogP contribution in [0.5, 0.6) is 5.75 Å². The number of amides is 1. The van der Waals surface area contributed by atoms with E-state index in [-0.39, 0.29) is 0 Å². The van der Waals surface area contributed by atoms with Gasteiger partial charge in [-0.3, -0.25) is 9.69 Å². The van der Waals surface area contributed by atoms with Crippen molar-refractivity contribution in [1.29, 1.82) is 0 Å². The molecular weight excluding hydrogens is 336 g/mol. The summed E-state index contributed by atoms with van der Waals surface area (Å²) in [6.07, 6.45) is 6.61. The molecule has 0 bridgehead atoms. The molecule has 2 fully saturated rings.